The van der Waals surface area contributed by atoms with Crippen LogP contribution in [0.4, 0.5) is 0 Å². The van der Waals surface area contributed by atoms with Gasteiger partial charge < -0.3 is 9.88 Å². The summed E-state index contributed by atoms with van der Waals surface area (Å²) in [6, 6.07) is 13.4. The van der Waals surface area contributed by atoms with Crippen LogP contribution in [0.15, 0.2) is 65.8 Å². The van der Waals surface area contributed by atoms with Gasteiger partial charge in [0, 0.05) is 30.7 Å². The summed E-state index contributed by atoms with van der Waals surface area (Å²) in [5, 5.41) is 0. The molecule has 6 heteroatoms. The molecule has 3 heterocycles. The molecule has 1 aliphatic rings. The highest BCUT2D eigenvalue weighted by Gasteiger charge is 2.34. The third-order valence-electron chi connectivity index (χ3n) is 4.43. The molecular weight excluding hydrogens is 316 g/mol. The minimum absolute atomic E-state index is 0.0195. The molecule has 1 aliphatic heterocycles. The van der Waals surface area contributed by atoms with Gasteiger partial charge in [0.15, 0.2) is 0 Å². The fourth-order valence-corrected chi connectivity index (χ4v) is 3.00. The lowest BCUT2D eigenvalue weighted by atomic mass is 9.94. The second kappa shape index (κ2) is 6.32. The van der Waals surface area contributed by atoms with Crippen molar-refractivity contribution in [3.8, 4) is 11.4 Å². The first kappa shape index (κ1) is 15.3. The maximum Gasteiger partial charge on any atom is 0.264 e. The van der Waals surface area contributed by atoms with Crippen LogP contribution in [0.25, 0.3) is 11.4 Å². The maximum atomic E-state index is 12.7. The summed E-state index contributed by atoms with van der Waals surface area (Å²) in [7, 11) is 0. The second-order valence-electron chi connectivity index (χ2n) is 5.93. The molecule has 1 N–H and O–H groups in total. The molecule has 1 fully saturated rings. The maximum absolute atomic E-state index is 12.7. The van der Waals surface area contributed by atoms with Gasteiger partial charge in [-0.2, -0.15) is 0 Å². The molecule has 6 nitrogen and oxygen atoms in total. The van der Waals surface area contributed by atoms with Crippen LogP contribution in [0.5, 0.6) is 0 Å². The Bertz CT molecular complexity index is 954. The Morgan fingerprint density at radius 1 is 1.12 bits per heavy atom. The lowest BCUT2D eigenvalue weighted by Gasteiger charge is -2.41. The van der Waals surface area contributed by atoms with Gasteiger partial charge in [0.2, 0.25) is 0 Å². The zero-order valence-corrected chi connectivity index (χ0v) is 13.4. The average molecular weight is 332 g/mol. The summed E-state index contributed by atoms with van der Waals surface area (Å²) in [5.74, 6) is 0.115. The average Bonchev–Trinajstić information content (AvgIpc) is 2.62. The first-order valence-electron chi connectivity index (χ1n) is 8.09. The number of nitrogens with zero attached hydrogens (tertiary/aromatic N) is 3. The van der Waals surface area contributed by atoms with Crippen LogP contribution in [0.3, 0.4) is 0 Å². The summed E-state index contributed by atoms with van der Waals surface area (Å²) in [6.45, 7) is 0.641. The van der Waals surface area contributed by atoms with Crippen LogP contribution in [0.1, 0.15) is 28.4 Å². The summed E-state index contributed by atoms with van der Waals surface area (Å²) in [6.07, 6.45) is 5.51. The second-order valence-corrected chi connectivity index (χ2v) is 5.93. The van der Waals surface area contributed by atoms with E-state index in [0.717, 1.165) is 12.0 Å². The van der Waals surface area contributed by atoms with E-state index >= 15 is 0 Å². The first-order chi connectivity index (χ1) is 12.2. The SMILES string of the molecule is O=C(c1cnc(-c2cccnc2)[nH]c1=O)N1CC[C@@H]1c1ccccc1. The minimum Gasteiger partial charge on any atom is -0.331 e. The van der Waals surface area contributed by atoms with Crippen molar-refractivity contribution in [3.05, 3.63) is 82.5 Å². The summed E-state index contributed by atoms with van der Waals surface area (Å²) in [5.41, 5.74) is 1.41. The quantitative estimate of drug-likeness (QED) is 0.799. The number of aromatic amines is 1. The lowest BCUT2D eigenvalue weighted by Crippen LogP contribution is -2.46. The molecule has 2 aromatic heterocycles. The summed E-state index contributed by atoms with van der Waals surface area (Å²) >= 11 is 0. The number of benzene rings is 1. The number of rotatable bonds is 3. The fourth-order valence-electron chi connectivity index (χ4n) is 3.00. The van der Waals surface area contributed by atoms with Gasteiger partial charge in [-0.25, -0.2) is 4.98 Å². The highest BCUT2D eigenvalue weighted by atomic mass is 16.2. The van der Waals surface area contributed by atoms with Crippen molar-refractivity contribution < 1.29 is 4.79 Å². The molecule has 4 rings (SSSR count). The molecule has 0 saturated carbocycles. The normalized spacial score (nSPS) is 16.3. The van der Waals surface area contributed by atoms with Gasteiger partial charge in [0.05, 0.1) is 6.04 Å². The third-order valence-corrected chi connectivity index (χ3v) is 4.43. The number of pyridine rings is 1. The lowest BCUT2D eigenvalue weighted by molar-refractivity contribution is 0.0458. The van der Waals surface area contributed by atoms with E-state index in [0.29, 0.717) is 17.9 Å². The largest absolute Gasteiger partial charge is 0.331 e. The van der Waals surface area contributed by atoms with Crippen molar-refractivity contribution in [1.29, 1.82) is 0 Å². The molecule has 124 valence electrons. The topological polar surface area (TPSA) is 79.0 Å². The molecule has 0 aliphatic carbocycles. The van der Waals surface area contributed by atoms with E-state index in [1.54, 1.807) is 29.4 Å². The van der Waals surface area contributed by atoms with Crippen molar-refractivity contribution in [2.75, 3.05) is 6.54 Å². The Balaban J connectivity index is 1.60. The van der Waals surface area contributed by atoms with Crippen molar-refractivity contribution in [3.63, 3.8) is 0 Å². The molecule has 1 atom stereocenters. The van der Waals surface area contributed by atoms with E-state index in [4.69, 9.17) is 0 Å². The number of nitrogens with one attached hydrogen (secondary N) is 1. The van der Waals surface area contributed by atoms with Crippen LogP contribution in [-0.4, -0.2) is 32.3 Å². The van der Waals surface area contributed by atoms with Crippen molar-refractivity contribution in [2.45, 2.75) is 12.5 Å². The Morgan fingerprint density at radius 3 is 2.60 bits per heavy atom. The minimum atomic E-state index is -0.433. The number of hydrogen-bond donors (Lipinski definition) is 1. The van der Waals surface area contributed by atoms with Gasteiger partial charge in [0.25, 0.3) is 11.5 Å². The highest BCUT2D eigenvalue weighted by Crippen LogP contribution is 2.33. The molecule has 25 heavy (non-hydrogen) atoms. The van der Waals surface area contributed by atoms with E-state index < -0.39 is 5.56 Å². The van der Waals surface area contributed by atoms with Crippen LogP contribution >= 0.6 is 0 Å². The van der Waals surface area contributed by atoms with E-state index in [1.807, 2.05) is 30.3 Å². The zero-order chi connectivity index (χ0) is 17.2. The monoisotopic (exact) mass is 332 g/mol. The number of H-pyrrole nitrogens is 1. The van der Waals surface area contributed by atoms with Gasteiger partial charge in [-0.1, -0.05) is 30.3 Å². The Hall–Kier alpha value is -3.28. The number of amides is 1. The molecule has 3 aromatic rings. The van der Waals surface area contributed by atoms with Crippen LogP contribution < -0.4 is 5.56 Å². The highest BCUT2D eigenvalue weighted by molar-refractivity contribution is 5.94. The number of hydrogen-bond acceptors (Lipinski definition) is 4. The number of carbonyl (C=O) groups is 1. The molecule has 0 bridgehead atoms. The van der Waals surface area contributed by atoms with Gasteiger partial charge in [-0.15, -0.1) is 0 Å². The van der Waals surface area contributed by atoms with Crippen LogP contribution in [0.2, 0.25) is 0 Å². The smallest absolute Gasteiger partial charge is 0.264 e. The van der Waals surface area contributed by atoms with Crippen molar-refractivity contribution >= 4 is 5.91 Å². The summed E-state index contributed by atoms with van der Waals surface area (Å²) < 4.78 is 0. The van der Waals surface area contributed by atoms with Gasteiger partial charge in [-0.3, -0.25) is 14.6 Å². The molecule has 1 saturated heterocycles. The number of carbonyl (C=O) groups excluding carboxylic acids is 1. The molecule has 1 aromatic carbocycles. The number of aromatic nitrogens is 3. The zero-order valence-electron chi connectivity index (χ0n) is 13.4. The van der Waals surface area contributed by atoms with Gasteiger partial charge in [-0.05, 0) is 24.1 Å². The Kier molecular flexibility index (Phi) is 3.85. The van der Waals surface area contributed by atoms with E-state index in [1.165, 1.54) is 6.20 Å². The van der Waals surface area contributed by atoms with Crippen molar-refractivity contribution in [2.24, 2.45) is 0 Å². The van der Waals surface area contributed by atoms with Crippen molar-refractivity contribution in [1.82, 2.24) is 19.9 Å². The Morgan fingerprint density at radius 2 is 1.96 bits per heavy atom. The van der Waals surface area contributed by atoms with Crippen LogP contribution in [0, 0.1) is 0 Å². The van der Waals surface area contributed by atoms with E-state index in [-0.39, 0.29) is 17.5 Å². The Labute approximate surface area is 144 Å². The molecule has 1 amide bonds. The first-order valence-corrected chi connectivity index (χ1v) is 8.09. The van der Waals surface area contributed by atoms with Gasteiger partial charge in [0.1, 0.15) is 11.4 Å². The predicted molar refractivity (Wildman–Crippen MR) is 92.9 cm³/mol. The summed E-state index contributed by atoms with van der Waals surface area (Å²) in [4.78, 5) is 37.7. The fraction of sp³-hybridized carbons (Fsp3) is 0.158. The molecule has 0 spiro atoms. The standard InChI is InChI=1S/C19H16N4O2/c24-18-15(12-21-17(22-18)14-7-4-9-20-11-14)19(25)23-10-8-16(23)13-5-2-1-3-6-13/h1-7,9,11-12,16H,8,10H2,(H,21,22,24)/t16-/m1/s1. The van der Waals surface area contributed by atoms with Gasteiger partial charge >= 0.3 is 0 Å². The molecular formula is C19H16N4O2. The predicted octanol–water partition coefficient (Wildman–Crippen LogP) is 2.42. The third kappa shape index (κ3) is 2.82. The molecule has 0 radical (unpaired) electrons. The molecule has 0 unspecified atom stereocenters. The van der Waals surface area contributed by atoms with E-state index in [2.05, 4.69) is 15.0 Å². The number of likely N-dealkylation sites (tertiary alicyclic amines) is 1. The van der Waals surface area contributed by atoms with Crippen LogP contribution in [-0.2, 0) is 0 Å². The van der Waals surface area contributed by atoms with E-state index in [9.17, 15) is 9.59 Å².